The Morgan fingerprint density at radius 2 is 2.22 bits per heavy atom. The van der Waals surface area contributed by atoms with E-state index in [9.17, 15) is 4.79 Å². The first-order valence-electron chi connectivity index (χ1n) is 5.74. The van der Waals surface area contributed by atoms with E-state index in [1.165, 1.54) is 0 Å². The van der Waals surface area contributed by atoms with E-state index in [4.69, 9.17) is 15.2 Å². The molecule has 3 N–H and O–H groups in total. The average Bonchev–Trinajstić information content (AvgIpc) is 2.80. The number of rotatable bonds is 8. The van der Waals surface area contributed by atoms with Gasteiger partial charge in [-0.25, -0.2) is 0 Å². The minimum Gasteiger partial charge on any atom is -0.385 e. The highest BCUT2D eigenvalue weighted by molar-refractivity contribution is 5.94. The van der Waals surface area contributed by atoms with Crippen molar-refractivity contribution in [1.29, 1.82) is 0 Å². The van der Waals surface area contributed by atoms with Crippen LogP contribution in [-0.2, 0) is 20.8 Å². The van der Waals surface area contributed by atoms with Gasteiger partial charge in [0.1, 0.15) is 0 Å². The zero-order valence-electron chi connectivity index (χ0n) is 10.8. The number of amides is 1. The summed E-state index contributed by atoms with van der Waals surface area (Å²) < 4.78 is 11.5. The topological polar surface area (TPSA) is 91.4 Å². The summed E-state index contributed by atoms with van der Waals surface area (Å²) in [5.74, 6) is -0.238. The Kier molecular flexibility index (Phi) is 6.34. The number of carbonyl (C=O) groups excluding carboxylic acids is 1. The second kappa shape index (κ2) is 7.80. The lowest BCUT2D eigenvalue weighted by Gasteiger charge is -2.10. The molecule has 1 rings (SSSR count). The molecule has 102 valence electrons. The van der Waals surface area contributed by atoms with Gasteiger partial charge in [0.25, 0.3) is 0 Å². The van der Waals surface area contributed by atoms with Crippen molar-refractivity contribution in [3.8, 4) is 0 Å². The van der Waals surface area contributed by atoms with E-state index in [2.05, 4.69) is 10.4 Å². The first kappa shape index (κ1) is 14.6. The van der Waals surface area contributed by atoms with Crippen LogP contribution in [-0.4, -0.2) is 49.2 Å². The Morgan fingerprint density at radius 3 is 2.89 bits per heavy atom. The predicted octanol–water partition coefficient (Wildman–Crippen LogP) is -0.168. The molecule has 7 heteroatoms. The van der Waals surface area contributed by atoms with Gasteiger partial charge in [0.05, 0.1) is 31.1 Å². The van der Waals surface area contributed by atoms with Gasteiger partial charge in [-0.15, -0.1) is 0 Å². The van der Waals surface area contributed by atoms with Crippen LogP contribution in [0, 0.1) is 0 Å². The number of aromatic nitrogens is 2. The predicted molar refractivity (Wildman–Crippen MR) is 67.2 cm³/mol. The van der Waals surface area contributed by atoms with Gasteiger partial charge in [0.2, 0.25) is 5.91 Å². The molecule has 18 heavy (non-hydrogen) atoms. The molecule has 1 aromatic rings. The zero-order chi connectivity index (χ0) is 13.4. The van der Waals surface area contributed by atoms with Crippen LogP contribution in [0.2, 0.25) is 0 Å². The molecule has 1 atom stereocenters. The number of nitrogens with one attached hydrogen (secondary N) is 1. The molecule has 7 nitrogen and oxygen atoms in total. The Balaban J connectivity index is 2.41. The summed E-state index contributed by atoms with van der Waals surface area (Å²) in [5.41, 5.74) is 6.33. The highest BCUT2D eigenvalue weighted by Crippen LogP contribution is 2.05. The molecular formula is C11H20N4O3. The smallest absolute Gasteiger partial charge is 0.241 e. The van der Waals surface area contributed by atoms with Gasteiger partial charge in [-0.3, -0.25) is 9.48 Å². The van der Waals surface area contributed by atoms with Crippen LogP contribution in [0.4, 0.5) is 5.69 Å². The standard InChI is InChI=1S/C11H20N4O3/c1-17-5-3-10(12)11(16)14-9-7-13-15(8-9)4-6-18-2/h7-8,10H,3-6,12H2,1-2H3,(H,14,16). The maximum Gasteiger partial charge on any atom is 0.241 e. The molecule has 1 heterocycles. The molecule has 0 spiro atoms. The van der Waals surface area contributed by atoms with Crippen LogP contribution < -0.4 is 11.1 Å². The molecule has 0 fully saturated rings. The van der Waals surface area contributed by atoms with Crippen LogP contribution in [0.15, 0.2) is 12.4 Å². The van der Waals surface area contributed by atoms with E-state index in [0.29, 0.717) is 31.9 Å². The molecule has 1 aromatic heterocycles. The third kappa shape index (κ3) is 4.82. The summed E-state index contributed by atoms with van der Waals surface area (Å²) >= 11 is 0. The molecule has 0 bridgehead atoms. The molecular weight excluding hydrogens is 236 g/mol. The number of carbonyl (C=O) groups is 1. The maximum atomic E-state index is 11.7. The fourth-order valence-corrected chi connectivity index (χ4v) is 1.35. The van der Waals surface area contributed by atoms with Crippen LogP contribution in [0.25, 0.3) is 0 Å². The maximum absolute atomic E-state index is 11.7. The number of ether oxygens (including phenoxy) is 2. The first-order valence-corrected chi connectivity index (χ1v) is 5.74. The van der Waals surface area contributed by atoms with E-state index in [0.717, 1.165) is 0 Å². The van der Waals surface area contributed by atoms with Crippen molar-refractivity contribution < 1.29 is 14.3 Å². The lowest BCUT2D eigenvalue weighted by atomic mass is 10.2. The van der Waals surface area contributed by atoms with Crippen molar-refractivity contribution in [3.05, 3.63) is 12.4 Å². The van der Waals surface area contributed by atoms with Crippen molar-refractivity contribution >= 4 is 11.6 Å². The van der Waals surface area contributed by atoms with Gasteiger partial charge < -0.3 is 20.5 Å². The van der Waals surface area contributed by atoms with Gasteiger partial charge in [-0.1, -0.05) is 0 Å². The molecule has 0 aromatic carbocycles. The minimum atomic E-state index is -0.577. The summed E-state index contributed by atoms with van der Waals surface area (Å²) in [5, 5.41) is 6.79. The number of nitrogens with zero attached hydrogens (tertiary/aromatic N) is 2. The van der Waals surface area contributed by atoms with Gasteiger partial charge >= 0.3 is 0 Å². The average molecular weight is 256 g/mol. The highest BCUT2D eigenvalue weighted by Gasteiger charge is 2.13. The van der Waals surface area contributed by atoms with Gasteiger partial charge in [0.15, 0.2) is 0 Å². The summed E-state index contributed by atoms with van der Waals surface area (Å²) in [4.78, 5) is 11.7. The van der Waals surface area contributed by atoms with Crippen LogP contribution in [0.1, 0.15) is 6.42 Å². The van der Waals surface area contributed by atoms with Gasteiger partial charge in [-0.05, 0) is 6.42 Å². The molecule has 0 saturated heterocycles. The van der Waals surface area contributed by atoms with Crippen molar-refractivity contribution in [3.63, 3.8) is 0 Å². The lowest BCUT2D eigenvalue weighted by Crippen LogP contribution is -2.36. The number of hydrogen-bond acceptors (Lipinski definition) is 5. The third-order valence-corrected chi connectivity index (χ3v) is 2.40. The summed E-state index contributed by atoms with van der Waals surface area (Å²) in [6.45, 7) is 1.67. The normalized spacial score (nSPS) is 12.4. The highest BCUT2D eigenvalue weighted by atomic mass is 16.5. The first-order chi connectivity index (χ1) is 8.67. The third-order valence-electron chi connectivity index (χ3n) is 2.40. The number of methoxy groups -OCH3 is 2. The summed E-state index contributed by atoms with van der Waals surface area (Å²) in [6, 6.07) is -0.577. The van der Waals surface area contributed by atoms with Crippen molar-refractivity contribution in [2.45, 2.75) is 19.0 Å². The van der Waals surface area contributed by atoms with Crippen LogP contribution in [0.3, 0.4) is 0 Å². The van der Waals surface area contributed by atoms with Crippen molar-refractivity contribution in [1.82, 2.24) is 9.78 Å². The largest absolute Gasteiger partial charge is 0.385 e. The number of nitrogens with two attached hydrogens (primary N) is 1. The quantitative estimate of drug-likeness (QED) is 0.674. The van der Waals surface area contributed by atoms with E-state index in [1.54, 1.807) is 31.3 Å². The zero-order valence-corrected chi connectivity index (χ0v) is 10.8. The number of anilines is 1. The fourth-order valence-electron chi connectivity index (χ4n) is 1.35. The molecule has 0 aliphatic rings. The molecule has 0 radical (unpaired) electrons. The van der Waals surface area contributed by atoms with E-state index in [-0.39, 0.29) is 5.91 Å². The molecule has 0 aliphatic heterocycles. The van der Waals surface area contributed by atoms with Gasteiger partial charge in [-0.2, -0.15) is 5.10 Å². The van der Waals surface area contributed by atoms with E-state index < -0.39 is 6.04 Å². The summed E-state index contributed by atoms with van der Waals surface area (Å²) in [7, 11) is 3.20. The van der Waals surface area contributed by atoms with Crippen molar-refractivity contribution in [2.24, 2.45) is 5.73 Å². The molecule has 0 saturated carbocycles. The molecule has 1 unspecified atom stereocenters. The molecule has 1 amide bonds. The van der Waals surface area contributed by atoms with Gasteiger partial charge in [0, 0.05) is 27.0 Å². The number of hydrogen-bond donors (Lipinski definition) is 2. The Morgan fingerprint density at radius 1 is 1.50 bits per heavy atom. The molecule has 0 aliphatic carbocycles. The lowest BCUT2D eigenvalue weighted by molar-refractivity contribution is -0.117. The second-order valence-electron chi connectivity index (χ2n) is 3.86. The SMILES string of the molecule is COCCC(N)C(=O)Nc1cnn(CCOC)c1. The Labute approximate surface area is 106 Å². The Hall–Kier alpha value is -1.44. The van der Waals surface area contributed by atoms with E-state index in [1.807, 2.05) is 0 Å². The van der Waals surface area contributed by atoms with Crippen molar-refractivity contribution in [2.75, 3.05) is 32.8 Å². The Bertz CT molecular complexity index is 367. The fraction of sp³-hybridized carbons (Fsp3) is 0.636. The second-order valence-corrected chi connectivity index (χ2v) is 3.86. The summed E-state index contributed by atoms with van der Waals surface area (Å²) in [6.07, 6.45) is 3.80. The minimum absolute atomic E-state index is 0.238. The van der Waals surface area contributed by atoms with Crippen LogP contribution in [0.5, 0.6) is 0 Å². The van der Waals surface area contributed by atoms with E-state index >= 15 is 0 Å². The monoisotopic (exact) mass is 256 g/mol. The van der Waals surface area contributed by atoms with Crippen LogP contribution >= 0.6 is 0 Å².